The molecule has 1 saturated carbocycles. The summed E-state index contributed by atoms with van der Waals surface area (Å²) in [6.07, 6.45) is 3.37. The predicted molar refractivity (Wildman–Crippen MR) is 159 cm³/mol. The summed E-state index contributed by atoms with van der Waals surface area (Å²) in [5, 5.41) is 21.8. The van der Waals surface area contributed by atoms with Gasteiger partial charge >= 0.3 is 5.97 Å². The molecule has 8 nitrogen and oxygen atoms in total. The number of nitrogens with two attached hydrogens (primary N) is 1. The van der Waals surface area contributed by atoms with E-state index in [0.717, 1.165) is 58.3 Å². The molecule has 1 aliphatic carbocycles. The van der Waals surface area contributed by atoms with Gasteiger partial charge in [0.2, 0.25) is 15.2 Å². The van der Waals surface area contributed by atoms with Gasteiger partial charge in [-0.1, -0.05) is 30.3 Å². The summed E-state index contributed by atoms with van der Waals surface area (Å²) in [4.78, 5) is 16.0. The third-order valence-corrected chi connectivity index (χ3v) is 9.05. The summed E-state index contributed by atoms with van der Waals surface area (Å²) in [6, 6.07) is 18.9. The average Bonchev–Trinajstić information content (AvgIpc) is 3.50. The zero-order valence-electron chi connectivity index (χ0n) is 22.6. The molecule has 42 heavy (non-hydrogen) atoms. The third kappa shape index (κ3) is 5.89. The smallest absolute Gasteiger partial charge is 0.355 e. The number of carboxylic acids is 1. The van der Waals surface area contributed by atoms with Crippen molar-refractivity contribution in [2.75, 3.05) is 0 Å². The standard InChI is InChI=1S/C31H27FN4O4S2/c1-18-11-22(21-3-2-4-24(32)16-21)15-23(12-18)29-26(13-19-7-9-25(10-8-19)42(33,39)40)28(14-20-5-6-20)36(35-29)31-34-27(17-41-31)30(37)38/h2-4,7-12,15-17,20H,5-6,13-14H2,1H3,(H,37,38)(H2,33,39,40). The van der Waals surface area contributed by atoms with Crippen molar-refractivity contribution in [3.8, 4) is 27.5 Å². The lowest BCUT2D eigenvalue weighted by atomic mass is 9.94. The second-order valence-electron chi connectivity index (χ2n) is 10.6. The number of hydrogen-bond acceptors (Lipinski definition) is 6. The molecule has 3 N–H and O–H groups in total. The van der Waals surface area contributed by atoms with Gasteiger partial charge in [0.05, 0.1) is 16.3 Å². The number of nitrogens with zero attached hydrogens (tertiary/aromatic N) is 3. The zero-order valence-corrected chi connectivity index (χ0v) is 24.3. The van der Waals surface area contributed by atoms with Gasteiger partial charge in [0, 0.05) is 22.9 Å². The molecule has 0 unspecified atom stereocenters. The third-order valence-electron chi connectivity index (χ3n) is 7.30. The van der Waals surface area contributed by atoms with Crippen LogP contribution >= 0.6 is 11.3 Å². The highest BCUT2D eigenvalue weighted by Crippen LogP contribution is 2.39. The summed E-state index contributed by atoms with van der Waals surface area (Å²) in [6.45, 7) is 1.97. The van der Waals surface area contributed by atoms with Gasteiger partial charge in [-0.25, -0.2) is 32.4 Å². The van der Waals surface area contributed by atoms with Crippen LogP contribution < -0.4 is 5.14 Å². The molecule has 6 rings (SSSR count). The van der Waals surface area contributed by atoms with Crippen LogP contribution in [0.3, 0.4) is 0 Å². The van der Waals surface area contributed by atoms with Crippen molar-refractivity contribution >= 4 is 27.3 Å². The number of primary sulfonamides is 1. The van der Waals surface area contributed by atoms with E-state index in [4.69, 9.17) is 10.2 Å². The molecule has 0 radical (unpaired) electrons. The molecule has 1 aliphatic rings. The highest BCUT2D eigenvalue weighted by atomic mass is 32.2. The predicted octanol–water partition coefficient (Wildman–Crippen LogP) is 6.00. The van der Waals surface area contributed by atoms with E-state index in [9.17, 15) is 22.7 Å². The minimum Gasteiger partial charge on any atom is -0.476 e. The van der Waals surface area contributed by atoms with Crippen LogP contribution in [0.4, 0.5) is 4.39 Å². The number of sulfonamides is 1. The molecule has 2 heterocycles. The van der Waals surface area contributed by atoms with Crippen LogP contribution in [-0.4, -0.2) is 34.3 Å². The molecule has 0 bridgehead atoms. The maximum absolute atomic E-state index is 14.1. The molecule has 0 atom stereocenters. The van der Waals surface area contributed by atoms with Gasteiger partial charge in [-0.3, -0.25) is 0 Å². The highest BCUT2D eigenvalue weighted by molar-refractivity contribution is 7.89. The minimum absolute atomic E-state index is 0.0303. The van der Waals surface area contributed by atoms with E-state index >= 15 is 0 Å². The van der Waals surface area contributed by atoms with Gasteiger partial charge in [0.15, 0.2) is 5.69 Å². The summed E-state index contributed by atoms with van der Waals surface area (Å²) < 4.78 is 39.5. The van der Waals surface area contributed by atoms with Gasteiger partial charge < -0.3 is 5.11 Å². The SMILES string of the molecule is Cc1cc(-c2cccc(F)c2)cc(-c2nn(-c3nc(C(=O)O)cs3)c(CC3CC3)c2Cc2ccc(S(N)(=O)=O)cc2)c1. The lowest BCUT2D eigenvalue weighted by molar-refractivity contribution is 0.0691. The van der Waals surface area contributed by atoms with E-state index in [1.165, 1.54) is 41.0 Å². The number of halogens is 1. The molecule has 3 aromatic carbocycles. The molecule has 0 spiro atoms. The van der Waals surface area contributed by atoms with Crippen LogP contribution in [0.1, 0.15) is 45.7 Å². The first kappa shape index (κ1) is 28.0. The Hall–Kier alpha value is -4.19. The Bertz CT molecular complexity index is 1930. The molecule has 214 valence electrons. The summed E-state index contributed by atoms with van der Waals surface area (Å²) >= 11 is 1.21. The maximum Gasteiger partial charge on any atom is 0.355 e. The van der Waals surface area contributed by atoms with Crippen molar-refractivity contribution in [3.63, 3.8) is 0 Å². The Balaban J connectivity index is 1.54. The molecule has 0 saturated heterocycles. The number of rotatable bonds is 9. The normalized spacial score (nSPS) is 13.4. The van der Waals surface area contributed by atoms with E-state index in [2.05, 4.69) is 4.98 Å². The fraction of sp³-hybridized carbons (Fsp3) is 0.194. The van der Waals surface area contributed by atoms with Gasteiger partial charge in [-0.05, 0) is 90.8 Å². The summed E-state index contributed by atoms with van der Waals surface area (Å²) in [5.74, 6) is -0.952. The van der Waals surface area contributed by atoms with Gasteiger partial charge in [0.1, 0.15) is 5.82 Å². The Morgan fingerprint density at radius 1 is 1.07 bits per heavy atom. The molecule has 0 aliphatic heterocycles. The van der Waals surface area contributed by atoms with Gasteiger partial charge in [0.25, 0.3) is 0 Å². The highest BCUT2D eigenvalue weighted by Gasteiger charge is 2.29. The molecule has 11 heteroatoms. The average molecular weight is 603 g/mol. The fourth-order valence-corrected chi connectivity index (χ4v) is 6.37. The maximum atomic E-state index is 14.1. The number of aromatic nitrogens is 3. The van der Waals surface area contributed by atoms with Crippen molar-refractivity contribution in [2.45, 2.75) is 37.5 Å². The monoisotopic (exact) mass is 602 g/mol. The fourth-order valence-electron chi connectivity index (χ4n) is 5.08. The van der Waals surface area contributed by atoms with Crippen LogP contribution in [0.25, 0.3) is 27.5 Å². The first-order chi connectivity index (χ1) is 20.0. The lowest BCUT2D eigenvalue weighted by Gasteiger charge is -2.11. The minimum atomic E-state index is -3.83. The quantitative estimate of drug-likeness (QED) is 0.213. The van der Waals surface area contributed by atoms with Crippen LogP contribution in [0, 0.1) is 18.7 Å². The molecular weight excluding hydrogens is 575 g/mol. The number of aromatic carboxylic acids is 1. The summed E-state index contributed by atoms with van der Waals surface area (Å²) in [5.41, 5.74) is 6.77. The molecule has 0 amide bonds. The topological polar surface area (TPSA) is 128 Å². The van der Waals surface area contributed by atoms with Gasteiger partial charge in [-0.15, -0.1) is 11.3 Å². The van der Waals surface area contributed by atoms with Crippen molar-refractivity contribution in [3.05, 3.63) is 106 Å². The summed E-state index contributed by atoms with van der Waals surface area (Å²) in [7, 11) is -3.83. The first-order valence-electron chi connectivity index (χ1n) is 13.3. The number of hydrogen-bond donors (Lipinski definition) is 2. The Morgan fingerprint density at radius 3 is 2.45 bits per heavy atom. The van der Waals surface area contributed by atoms with E-state index < -0.39 is 16.0 Å². The number of carbonyl (C=O) groups is 1. The zero-order chi connectivity index (χ0) is 29.6. The molecule has 5 aromatic rings. The van der Waals surface area contributed by atoms with Crippen molar-refractivity contribution < 1.29 is 22.7 Å². The van der Waals surface area contributed by atoms with Crippen LogP contribution in [0.2, 0.25) is 0 Å². The molecule has 1 fully saturated rings. The number of aryl methyl sites for hydroxylation is 1. The lowest BCUT2D eigenvalue weighted by Crippen LogP contribution is -2.12. The number of carboxylic acid groups (broad SMARTS) is 1. The Kier molecular flexibility index (Phi) is 7.25. The van der Waals surface area contributed by atoms with Gasteiger partial charge in [-0.2, -0.15) is 5.10 Å². The van der Waals surface area contributed by atoms with E-state index in [1.54, 1.807) is 22.9 Å². The second kappa shape index (κ2) is 10.9. The Morgan fingerprint density at radius 2 is 1.81 bits per heavy atom. The molecular formula is C31H27FN4O4S2. The van der Waals surface area contributed by atoms with E-state index in [-0.39, 0.29) is 16.4 Å². The van der Waals surface area contributed by atoms with Crippen LogP contribution in [0.15, 0.2) is 77.0 Å². The van der Waals surface area contributed by atoms with Crippen molar-refractivity contribution in [1.82, 2.24) is 14.8 Å². The second-order valence-corrected chi connectivity index (χ2v) is 13.0. The largest absolute Gasteiger partial charge is 0.476 e. The van der Waals surface area contributed by atoms with Crippen LogP contribution in [-0.2, 0) is 22.9 Å². The van der Waals surface area contributed by atoms with Crippen LogP contribution in [0.5, 0.6) is 0 Å². The first-order valence-corrected chi connectivity index (χ1v) is 15.8. The molecule has 2 aromatic heterocycles. The van der Waals surface area contributed by atoms with Crippen molar-refractivity contribution in [1.29, 1.82) is 0 Å². The van der Waals surface area contributed by atoms with Crippen molar-refractivity contribution in [2.24, 2.45) is 11.1 Å². The van der Waals surface area contributed by atoms with E-state index in [0.29, 0.717) is 23.2 Å². The van der Waals surface area contributed by atoms with E-state index in [1.807, 2.05) is 31.2 Å². The number of thiazole rings is 1. The number of benzene rings is 3. The Labute approximate surface area is 246 Å².